The van der Waals surface area contributed by atoms with E-state index in [0.717, 1.165) is 12.0 Å². The fourth-order valence-corrected chi connectivity index (χ4v) is 2.75. The summed E-state index contributed by atoms with van der Waals surface area (Å²) in [6.07, 6.45) is 0.861. The maximum atomic E-state index is 12.5. The molecule has 1 aliphatic heterocycles. The van der Waals surface area contributed by atoms with Gasteiger partial charge in [-0.05, 0) is 25.6 Å². The highest BCUT2D eigenvalue weighted by Crippen LogP contribution is 2.23. The smallest absolute Gasteiger partial charge is 0.324 e. The van der Waals surface area contributed by atoms with Gasteiger partial charge in [0.25, 0.3) is 5.91 Å². The van der Waals surface area contributed by atoms with E-state index in [1.807, 2.05) is 63.2 Å². The summed E-state index contributed by atoms with van der Waals surface area (Å²) in [6.45, 7) is 4.39. The Hall–Kier alpha value is -1.88. The summed E-state index contributed by atoms with van der Waals surface area (Å²) in [6, 6.07) is 9.27. The summed E-state index contributed by atoms with van der Waals surface area (Å²) in [4.78, 5) is 28.1. The zero-order chi connectivity index (χ0) is 16.3. The molecule has 5 nitrogen and oxygen atoms in total. The van der Waals surface area contributed by atoms with Crippen LogP contribution in [0, 0.1) is 5.92 Å². The average Bonchev–Trinajstić information content (AvgIpc) is 2.79. The monoisotopic (exact) mass is 303 g/mol. The van der Waals surface area contributed by atoms with E-state index < -0.39 is 6.04 Å². The Labute approximate surface area is 132 Å². The number of carbonyl (C=O) groups is 2. The van der Waals surface area contributed by atoms with Crippen molar-refractivity contribution in [2.45, 2.75) is 32.4 Å². The summed E-state index contributed by atoms with van der Waals surface area (Å²) < 4.78 is 0. The Balaban J connectivity index is 2.17. The van der Waals surface area contributed by atoms with Gasteiger partial charge in [0.05, 0.1) is 12.6 Å². The molecule has 1 aromatic rings. The van der Waals surface area contributed by atoms with Crippen LogP contribution in [0.1, 0.15) is 31.9 Å². The number of rotatable bonds is 6. The zero-order valence-corrected chi connectivity index (χ0v) is 13.7. The van der Waals surface area contributed by atoms with Crippen molar-refractivity contribution in [2.75, 3.05) is 20.6 Å². The first-order valence-corrected chi connectivity index (χ1v) is 7.79. The lowest BCUT2D eigenvalue weighted by molar-refractivity contribution is -0.129. The largest absolute Gasteiger partial charge is 0.326 e. The SMILES string of the molecule is CC[C@H](C)[C@@H]1NC(=O)N(CC(c2ccccc2)N(C)C)C1=O. The van der Waals surface area contributed by atoms with Crippen LogP contribution in [0.3, 0.4) is 0 Å². The van der Waals surface area contributed by atoms with Gasteiger partial charge in [-0.3, -0.25) is 9.69 Å². The van der Waals surface area contributed by atoms with Gasteiger partial charge in [-0.2, -0.15) is 0 Å². The first kappa shape index (κ1) is 16.5. The van der Waals surface area contributed by atoms with Crippen LogP contribution < -0.4 is 5.32 Å². The summed E-state index contributed by atoms with van der Waals surface area (Å²) >= 11 is 0. The van der Waals surface area contributed by atoms with Gasteiger partial charge in [0.2, 0.25) is 0 Å². The summed E-state index contributed by atoms with van der Waals surface area (Å²) in [7, 11) is 3.92. The van der Waals surface area contributed by atoms with E-state index in [9.17, 15) is 9.59 Å². The van der Waals surface area contributed by atoms with Gasteiger partial charge >= 0.3 is 6.03 Å². The molecule has 22 heavy (non-hydrogen) atoms. The first-order chi connectivity index (χ1) is 10.5. The second kappa shape index (κ2) is 6.92. The highest BCUT2D eigenvalue weighted by molar-refractivity contribution is 6.04. The topological polar surface area (TPSA) is 52.7 Å². The molecule has 0 radical (unpaired) electrons. The molecular formula is C17H25N3O2. The number of amides is 3. The molecule has 0 spiro atoms. The predicted molar refractivity (Wildman–Crippen MR) is 86.4 cm³/mol. The molecule has 3 atom stereocenters. The van der Waals surface area contributed by atoms with Crippen molar-refractivity contribution in [1.82, 2.24) is 15.1 Å². The number of carbonyl (C=O) groups excluding carboxylic acids is 2. The Morgan fingerprint density at radius 1 is 1.23 bits per heavy atom. The fourth-order valence-electron chi connectivity index (χ4n) is 2.75. The van der Waals surface area contributed by atoms with E-state index in [2.05, 4.69) is 5.32 Å². The first-order valence-electron chi connectivity index (χ1n) is 7.79. The molecule has 0 bridgehead atoms. The molecule has 5 heteroatoms. The van der Waals surface area contributed by atoms with Gasteiger partial charge in [-0.1, -0.05) is 50.6 Å². The maximum absolute atomic E-state index is 12.5. The summed E-state index contributed by atoms with van der Waals surface area (Å²) in [5.74, 6) is 0.0399. The molecule has 3 amide bonds. The van der Waals surface area contributed by atoms with Crippen molar-refractivity contribution < 1.29 is 9.59 Å². The van der Waals surface area contributed by atoms with Crippen LogP contribution in [0.25, 0.3) is 0 Å². The fraction of sp³-hybridized carbons (Fsp3) is 0.529. The Morgan fingerprint density at radius 3 is 2.41 bits per heavy atom. The standard InChI is InChI=1S/C17H25N3O2/c1-5-12(2)15-16(21)20(17(22)18-15)11-14(19(3)4)13-9-7-6-8-10-13/h6-10,12,14-15H,5,11H2,1-4H3,(H,18,22)/t12-,14?,15-/m0/s1. The molecule has 1 saturated heterocycles. The van der Waals surface area contributed by atoms with Crippen LogP contribution in [-0.4, -0.2) is 48.4 Å². The average molecular weight is 303 g/mol. The van der Waals surface area contributed by atoms with E-state index in [4.69, 9.17) is 0 Å². The molecule has 1 heterocycles. The molecule has 1 unspecified atom stereocenters. The van der Waals surface area contributed by atoms with Crippen molar-refractivity contribution in [1.29, 1.82) is 0 Å². The number of urea groups is 1. The Bertz CT molecular complexity index is 530. The number of likely N-dealkylation sites (N-methyl/N-ethyl adjacent to an activating group) is 1. The van der Waals surface area contributed by atoms with Crippen molar-refractivity contribution in [2.24, 2.45) is 5.92 Å². The van der Waals surface area contributed by atoms with Gasteiger partial charge in [-0.15, -0.1) is 0 Å². The molecule has 1 aromatic carbocycles. The summed E-state index contributed by atoms with van der Waals surface area (Å²) in [5, 5.41) is 2.82. The number of hydrogen-bond donors (Lipinski definition) is 1. The zero-order valence-electron chi connectivity index (χ0n) is 13.7. The third-order valence-electron chi connectivity index (χ3n) is 4.43. The van der Waals surface area contributed by atoms with Gasteiger partial charge in [0.1, 0.15) is 6.04 Å². The molecule has 120 valence electrons. The van der Waals surface area contributed by atoms with E-state index >= 15 is 0 Å². The number of benzene rings is 1. The van der Waals surface area contributed by atoms with E-state index in [1.54, 1.807) is 0 Å². The van der Waals surface area contributed by atoms with Crippen molar-refractivity contribution in [3.63, 3.8) is 0 Å². The molecule has 1 fully saturated rings. The van der Waals surface area contributed by atoms with Crippen LogP contribution in [0.2, 0.25) is 0 Å². The minimum absolute atomic E-state index is 0.00779. The lowest BCUT2D eigenvalue weighted by Gasteiger charge is -2.28. The summed E-state index contributed by atoms with van der Waals surface area (Å²) in [5.41, 5.74) is 1.10. The quantitative estimate of drug-likeness (QED) is 0.820. The van der Waals surface area contributed by atoms with E-state index in [-0.39, 0.29) is 23.9 Å². The van der Waals surface area contributed by atoms with Gasteiger partial charge in [0.15, 0.2) is 0 Å². The molecule has 2 rings (SSSR count). The minimum Gasteiger partial charge on any atom is -0.326 e. The number of nitrogens with one attached hydrogen (secondary N) is 1. The number of nitrogens with zero attached hydrogens (tertiary/aromatic N) is 2. The second-order valence-electron chi connectivity index (χ2n) is 6.15. The molecule has 0 aromatic heterocycles. The third kappa shape index (κ3) is 3.30. The van der Waals surface area contributed by atoms with Crippen molar-refractivity contribution >= 4 is 11.9 Å². The molecule has 0 aliphatic carbocycles. The molecule has 1 N–H and O–H groups in total. The molecular weight excluding hydrogens is 278 g/mol. The van der Waals surface area contributed by atoms with Crippen LogP contribution in [0.5, 0.6) is 0 Å². The lowest BCUT2D eigenvalue weighted by Crippen LogP contribution is -2.39. The van der Waals surface area contributed by atoms with E-state index in [0.29, 0.717) is 6.54 Å². The normalized spacial score (nSPS) is 21.1. The van der Waals surface area contributed by atoms with Gasteiger partial charge in [0, 0.05) is 0 Å². The van der Waals surface area contributed by atoms with Crippen LogP contribution in [0.4, 0.5) is 4.79 Å². The van der Waals surface area contributed by atoms with Gasteiger partial charge < -0.3 is 10.2 Å². The molecule has 0 saturated carbocycles. The van der Waals surface area contributed by atoms with Crippen LogP contribution >= 0.6 is 0 Å². The Morgan fingerprint density at radius 2 is 1.86 bits per heavy atom. The molecule has 1 aliphatic rings. The minimum atomic E-state index is -0.393. The highest BCUT2D eigenvalue weighted by Gasteiger charge is 2.41. The predicted octanol–water partition coefficient (Wildman–Crippen LogP) is 2.26. The van der Waals surface area contributed by atoms with Crippen LogP contribution in [0.15, 0.2) is 30.3 Å². The van der Waals surface area contributed by atoms with Gasteiger partial charge in [-0.25, -0.2) is 4.79 Å². The van der Waals surface area contributed by atoms with Crippen molar-refractivity contribution in [3.05, 3.63) is 35.9 Å². The third-order valence-corrected chi connectivity index (χ3v) is 4.43. The second-order valence-corrected chi connectivity index (χ2v) is 6.15. The van der Waals surface area contributed by atoms with Crippen LogP contribution in [-0.2, 0) is 4.79 Å². The van der Waals surface area contributed by atoms with E-state index in [1.165, 1.54) is 4.90 Å². The number of hydrogen-bond acceptors (Lipinski definition) is 3. The van der Waals surface area contributed by atoms with Crippen molar-refractivity contribution in [3.8, 4) is 0 Å². The highest BCUT2D eigenvalue weighted by atomic mass is 16.2. The Kier molecular flexibility index (Phi) is 5.19. The number of imide groups is 1. The lowest BCUT2D eigenvalue weighted by atomic mass is 9.99. The maximum Gasteiger partial charge on any atom is 0.324 e.